The highest BCUT2D eigenvalue weighted by atomic mass is 32.2. The Morgan fingerprint density at radius 1 is 1.41 bits per heavy atom. The van der Waals surface area contributed by atoms with Gasteiger partial charge in [-0.15, -0.1) is 23.1 Å². The summed E-state index contributed by atoms with van der Waals surface area (Å²) in [7, 11) is 0. The fraction of sp³-hybridized carbons (Fsp3) is 0.333. The lowest BCUT2D eigenvalue weighted by atomic mass is 10.0. The van der Waals surface area contributed by atoms with Crippen molar-refractivity contribution in [2.75, 3.05) is 23.3 Å². The summed E-state index contributed by atoms with van der Waals surface area (Å²) < 4.78 is 1.78. The number of pyridine rings is 1. The van der Waals surface area contributed by atoms with Crippen LogP contribution < -0.4 is 26.3 Å². The lowest BCUT2D eigenvalue weighted by molar-refractivity contribution is -0.694. The van der Waals surface area contributed by atoms with Crippen molar-refractivity contribution in [3.63, 3.8) is 0 Å². The Balaban J connectivity index is 1.35. The number of carboxylic acids is 1. The molecule has 15 nitrogen and oxygen atoms in total. The van der Waals surface area contributed by atoms with Gasteiger partial charge in [-0.25, -0.2) is 9.78 Å². The topological polar surface area (TPSA) is 209 Å². The Morgan fingerprint density at radius 2 is 2.22 bits per heavy atom. The van der Waals surface area contributed by atoms with E-state index in [1.807, 2.05) is 0 Å². The molecule has 41 heavy (non-hydrogen) atoms. The first-order chi connectivity index (χ1) is 19.7. The number of nitrogen functional groups attached to an aromatic ring is 1. The number of carbonyl (C=O) groups is 5. The van der Waals surface area contributed by atoms with E-state index in [9.17, 15) is 29.1 Å². The van der Waals surface area contributed by atoms with Crippen LogP contribution in [0.4, 0.5) is 10.8 Å². The maximum Gasteiger partial charge on any atom is 0.352 e. The summed E-state index contributed by atoms with van der Waals surface area (Å²) in [5, 5.41) is 22.7. The molecular formula is C24H25N8O7S2+. The van der Waals surface area contributed by atoms with Crippen molar-refractivity contribution in [3.8, 4) is 0 Å². The zero-order chi connectivity index (χ0) is 29.3. The monoisotopic (exact) mass is 601 g/mol. The number of nitrogens with one attached hydrogen (secondary N) is 3. The van der Waals surface area contributed by atoms with Gasteiger partial charge in [0.2, 0.25) is 18.2 Å². The first-order valence-corrected chi connectivity index (χ1v) is 14.3. The van der Waals surface area contributed by atoms with Gasteiger partial charge in [0.15, 0.2) is 23.6 Å². The van der Waals surface area contributed by atoms with Crippen LogP contribution in [0, 0.1) is 6.92 Å². The molecule has 2 aromatic rings. The molecule has 4 amide bonds. The molecule has 17 heteroatoms. The Hall–Kier alpha value is -4.51. The molecule has 0 unspecified atom stereocenters. The van der Waals surface area contributed by atoms with Crippen molar-refractivity contribution in [2.24, 2.45) is 5.16 Å². The van der Waals surface area contributed by atoms with Gasteiger partial charge < -0.3 is 31.6 Å². The first-order valence-electron chi connectivity index (χ1n) is 12.3. The average Bonchev–Trinajstić information content (AvgIpc) is 3.56. The number of aliphatic carboxylic acids is 1. The summed E-state index contributed by atoms with van der Waals surface area (Å²) in [6.07, 6.45) is 1.80. The number of amides is 4. The quantitative estimate of drug-likeness (QED) is 0.0733. The maximum absolute atomic E-state index is 13.3. The van der Waals surface area contributed by atoms with Crippen LogP contribution in [0.25, 0.3) is 0 Å². The SMILES string of the molecule is Cc1c(NC=O)ccc[n+]1CC1=C(C(=O)O)N2C(=O)[C@@H](NC(=O)/C(=N\O[C@H]3CCNC3=O)c3csc(N)n3)[C@@H]2SC1. The number of β-lactam (4-membered cyclic amide) rings is 1. The lowest BCUT2D eigenvalue weighted by Crippen LogP contribution is -2.71. The van der Waals surface area contributed by atoms with Gasteiger partial charge in [-0.3, -0.25) is 24.1 Å². The second-order valence-electron chi connectivity index (χ2n) is 9.20. The van der Waals surface area contributed by atoms with E-state index < -0.39 is 35.3 Å². The molecule has 0 bridgehead atoms. The van der Waals surface area contributed by atoms with Crippen molar-refractivity contribution < 1.29 is 38.5 Å². The van der Waals surface area contributed by atoms with E-state index >= 15 is 0 Å². The first kappa shape index (κ1) is 28.0. The smallest absolute Gasteiger partial charge is 0.352 e. The molecule has 214 valence electrons. The minimum Gasteiger partial charge on any atom is -0.477 e. The molecule has 2 aromatic heterocycles. The highest BCUT2D eigenvalue weighted by Gasteiger charge is 2.55. The Morgan fingerprint density at radius 3 is 2.88 bits per heavy atom. The third-order valence-corrected chi connectivity index (χ3v) is 8.72. The number of oxime groups is 1. The zero-order valence-electron chi connectivity index (χ0n) is 21.5. The number of thioether (sulfide) groups is 1. The van der Waals surface area contributed by atoms with E-state index in [2.05, 4.69) is 26.1 Å². The predicted molar refractivity (Wildman–Crippen MR) is 146 cm³/mol. The van der Waals surface area contributed by atoms with Crippen LogP contribution in [0.5, 0.6) is 0 Å². The fourth-order valence-corrected chi connectivity index (χ4v) is 6.51. The number of thiazole rings is 1. The van der Waals surface area contributed by atoms with Gasteiger partial charge >= 0.3 is 5.97 Å². The summed E-state index contributed by atoms with van der Waals surface area (Å²) >= 11 is 2.38. The summed E-state index contributed by atoms with van der Waals surface area (Å²) in [5.41, 5.74) is 7.18. The van der Waals surface area contributed by atoms with Crippen LogP contribution in [-0.2, 0) is 35.4 Å². The number of carboxylic acid groups (broad SMARTS) is 1. The van der Waals surface area contributed by atoms with Crippen LogP contribution in [0.3, 0.4) is 0 Å². The summed E-state index contributed by atoms with van der Waals surface area (Å²) in [4.78, 5) is 72.1. The van der Waals surface area contributed by atoms with E-state index in [0.29, 0.717) is 36.3 Å². The maximum atomic E-state index is 13.3. The van der Waals surface area contributed by atoms with Gasteiger partial charge in [-0.1, -0.05) is 5.16 Å². The van der Waals surface area contributed by atoms with E-state index in [4.69, 9.17) is 10.6 Å². The Bertz CT molecular complexity index is 1510. The number of hydrogen-bond donors (Lipinski definition) is 5. The van der Waals surface area contributed by atoms with Gasteiger partial charge in [0.1, 0.15) is 28.5 Å². The molecule has 0 spiro atoms. The molecule has 2 saturated heterocycles. The molecule has 3 aliphatic rings. The Kier molecular flexibility index (Phi) is 7.89. The molecule has 2 fully saturated rings. The van der Waals surface area contributed by atoms with Crippen LogP contribution in [0.15, 0.2) is 40.1 Å². The average molecular weight is 602 g/mol. The number of nitrogens with zero attached hydrogens (tertiary/aromatic N) is 4. The van der Waals surface area contributed by atoms with E-state index in [1.165, 1.54) is 17.1 Å². The van der Waals surface area contributed by atoms with Gasteiger partial charge in [0.05, 0.1) is 0 Å². The second kappa shape index (κ2) is 11.5. The molecule has 3 atom stereocenters. The molecule has 0 aromatic carbocycles. The number of fused-ring (bicyclic) bond motifs is 1. The van der Waals surface area contributed by atoms with Crippen molar-refractivity contribution in [1.29, 1.82) is 0 Å². The van der Waals surface area contributed by atoms with Crippen LogP contribution in [-0.4, -0.2) is 80.6 Å². The van der Waals surface area contributed by atoms with Crippen molar-refractivity contribution in [1.82, 2.24) is 20.5 Å². The van der Waals surface area contributed by atoms with Crippen LogP contribution in [0.2, 0.25) is 0 Å². The third kappa shape index (κ3) is 5.45. The number of anilines is 2. The molecule has 0 radical (unpaired) electrons. The number of rotatable bonds is 10. The van der Waals surface area contributed by atoms with Crippen molar-refractivity contribution in [3.05, 3.63) is 46.4 Å². The van der Waals surface area contributed by atoms with E-state index in [0.717, 1.165) is 16.2 Å². The molecule has 0 aliphatic carbocycles. The normalized spacial score (nSPS) is 22.0. The van der Waals surface area contributed by atoms with Crippen LogP contribution in [0.1, 0.15) is 17.8 Å². The number of hydrogen-bond acceptors (Lipinski definition) is 11. The van der Waals surface area contributed by atoms with E-state index in [-0.39, 0.29) is 40.4 Å². The predicted octanol–water partition coefficient (Wildman–Crippen LogP) is -1.06. The fourth-order valence-electron chi connectivity index (χ4n) is 4.63. The largest absolute Gasteiger partial charge is 0.477 e. The number of aromatic nitrogens is 2. The second-order valence-corrected chi connectivity index (χ2v) is 11.2. The van der Waals surface area contributed by atoms with Gasteiger partial charge in [-0.2, -0.15) is 4.57 Å². The minimum atomic E-state index is -1.27. The molecule has 5 rings (SSSR count). The third-order valence-electron chi connectivity index (χ3n) is 6.71. The zero-order valence-corrected chi connectivity index (χ0v) is 23.2. The summed E-state index contributed by atoms with van der Waals surface area (Å²) in [6.45, 7) is 2.37. The molecule has 5 heterocycles. The van der Waals surface area contributed by atoms with Crippen molar-refractivity contribution in [2.45, 2.75) is 37.4 Å². The summed E-state index contributed by atoms with van der Waals surface area (Å²) in [6, 6.07) is 2.40. The molecular weight excluding hydrogens is 576 g/mol. The standard InChI is InChI=1S/C24H24N8O7S2/c1-11-13(27-10-33)3-2-6-31(11)7-12-8-40-22-17(21(36)32(22)18(12)23(37)38)29-20(35)16(14-9-41-24(25)28-14)30-39-15-4-5-26-19(15)34/h2-3,6,9-10,15,17,22H,4-5,7-8H2,1H3,(H5-,25,26,27,28,29,33,34,35,37,38)/p+1/b30-16-/t15-,17+,22-/m0/s1. The highest BCUT2D eigenvalue weighted by molar-refractivity contribution is 8.00. The number of carbonyl (C=O) groups excluding carboxylic acids is 4. The molecule has 0 saturated carbocycles. The van der Waals surface area contributed by atoms with Crippen molar-refractivity contribution >= 4 is 69.7 Å². The highest BCUT2D eigenvalue weighted by Crippen LogP contribution is 2.40. The minimum absolute atomic E-state index is 0.107. The van der Waals surface area contributed by atoms with Gasteiger partial charge in [-0.05, 0) is 6.07 Å². The lowest BCUT2D eigenvalue weighted by Gasteiger charge is -2.49. The molecule has 6 N–H and O–H groups in total. The Labute approximate surface area is 240 Å². The van der Waals surface area contributed by atoms with Gasteiger partial charge in [0.25, 0.3) is 17.7 Å². The molecule has 3 aliphatic heterocycles. The van der Waals surface area contributed by atoms with Crippen LogP contribution >= 0.6 is 23.1 Å². The number of nitrogens with two attached hydrogens (primary N) is 1. The van der Waals surface area contributed by atoms with E-state index in [1.54, 1.807) is 29.8 Å². The van der Waals surface area contributed by atoms with Gasteiger partial charge in [0, 0.05) is 42.7 Å². The summed E-state index contributed by atoms with van der Waals surface area (Å²) in [5.74, 6) is -2.74.